The minimum Gasteiger partial charge on any atom is -0.454 e. The van der Waals surface area contributed by atoms with E-state index in [1.54, 1.807) is 23.0 Å². The molecule has 0 spiro atoms. The summed E-state index contributed by atoms with van der Waals surface area (Å²) < 4.78 is 12.0. The largest absolute Gasteiger partial charge is 0.454 e. The molecule has 0 aliphatic rings. The van der Waals surface area contributed by atoms with Crippen LogP contribution in [0.5, 0.6) is 0 Å². The Morgan fingerprint density at radius 2 is 2.43 bits per heavy atom. The van der Waals surface area contributed by atoms with Crippen LogP contribution in [0.4, 0.5) is 5.95 Å². The van der Waals surface area contributed by atoms with Gasteiger partial charge >= 0.3 is 0 Å². The van der Waals surface area contributed by atoms with Crippen molar-refractivity contribution in [3.63, 3.8) is 0 Å². The van der Waals surface area contributed by atoms with Gasteiger partial charge in [0.15, 0.2) is 10.1 Å². The van der Waals surface area contributed by atoms with Gasteiger partial charge in [0.2, 0.25) is 5.95 Å². The van der Waals surface area contributed by atoms with Crippen molar-refractivity contribution in [3.8, 4) is 0 Å². The summed E-state index contributed by atoms with van der Waals surface area (Å²) in [5, 5.41) is 6.69. The second-order valence-corrected chi connectivity index (χ2v) is 5.82. The van der Waals surface area contributed by atoms with Gasteiger partial charge in [-0.05, 0) is 36.0 Å². The number of furan rings is 1. The first-order valence-electron chi connectivity index (χ1n) is 6.00. The molecule has 1 N–H and O–H groups in total. The number of amides is 1. The van der Waals surface area contributed by atoms with Crippen LogP contribution in [0, 0.1) is 0 Å². The van der Waals surface area contributed by atoms with E-state index in [4.69, 9.17) is 4.42 Å². The van der Waals surface area contributed by atoms with E-state index < -0.39 is 0 Å². The quantitative estimate of drug-likeness (QED) is 0.726. The molecule has 3 aromatic rings. The fraction of sp³-hybridized carbons (Fsp3) is 0.167. The fourth-order valence-corrected chi connectivity index (χ4v) is 2.61. The average Bonchev–Trinajstić information content (AvgIpc) is 3.20. The fourth-order valence-electron chi connectivity index (χ4n) is 1.64. The highest BCUT2D eigenvalue weighted by Gasteiger charge is 2.14. The number of anilines is 1. The first-order valence-corrected chi connectivity index (χ1v) is 7.99. The first-order chi connectivity index (χ1) is 10.2. The van der Waals surface area contributed by atoms with Crippen LogP contribution >= 0.6 is 23.3 Å². The second-order valence-electron chi connectivity index (χ2n) is 4.01. The van der Waals surface area contributed by atoms with Gasteiger partial charge < -0.3 is 4.42 Å². The standard InChI is InChI=1S/C12H11N5O2S2/c1-20-12-15-11(16-21-12)14-10(18)9-4-3-8(19-9)7-17-6-2-5-13-17/h2-6H,7H2,1H3,(H,14,16,18). The Kier molecular flexibility index (Phi) is 4.02. The van der Waals surface area contributed by atoms with Crippen LogP contribution in [0.25, 0.3) is 0 Å². The Hall–Kier alpha value is -2.13. The number of nitrogens with one attached hydrogen (secondary N) is 1. The normalized spacial score (nSPS) is 10.7. The zero-order chi connectivity index (χ0) is 14.7. The molecule has 0 atom stereocenters. The molecule has 0 bridgehead atoms. The van der Waals surface area contributed by atoms with Gasteiger partial charge in [0.25, 0.3) is 5.91 Å². The van der Waals surface area contributed by atoms with Gasteiger partial charge in [-0.1, -0.05) is 11.8 Å². The predicted molar refractivity (Wildman–Crippen MR) is 79.7 cm³/mol. The van der Waals surface area contributed by atoms with E-state index in [9.17, 15) is 4.79 Å². The Balaban J connectivity index is 1.66. The van der Waals surface area contributed by atoms with Gasteiger partial charge in [0, 0.05) is 12.4 Å². The van der Waals surface area contributed by atoms with Crippen LogP contribution in [0.3, 0.4) is 0 Å². The minimum atomic E-state index is -0.368. The molecule has 108 valence electrons. The molecule has 9 heteroatoms. The molecule has 3 heterocycles. The highest BCUT2D eigenvalue weighted by Crippen LogP contribution is 2.19. The average molecular weight is 321 g/mol. The molecule has 0 unspecified atom stereocenters. The van der Waals surface area contributed by atoms with Crippen molar-refractivity contribution in [3.05, 3.63) is 42.1 Å². The number of nitrogens with zero attached hydrogens (tertiary/aromatic N) is 4. The Morgan fingerprint density at radius 1 is 1.52 bits per heavy atom. The summed E-state index contributed by atoms with van der Waals surface area (Å²) in [6, 6.07) is 5.20. The monoisotopic (exact) mass is 321 g/mol. The lowest BCUT2D eigenvalue weighted by Crippen LogP contribution is -2.12. The van der Waals surface area contributed by atoms with Crippen LogP contribution in [0.2, 0.25) is 0 Å². The SMILES string of the molecule is CSc1nc(NC(=O)c2ccc(Cn3cccn3)o2)ns1. The van der Waals surface area contributed by atoms with E-state index in [0.717, 1.165) is 4.34 Å². The van der Waals surface area contributed by atoms with Crippen LogP contribution in [0.1, 0.15) is 16.3 Å². The molecule has 0 fully saturated rings. The lowest BCUT2D eigenvalue weighted by Gasteiger charge is -1.98. The van der Waals surface area contributed by atoms with E-state index in [-0.39, 0.29) is 11.7 Å². The van der Waals surface area contributed by atoms with Crippen molar-refractivity contribution in [2.24, 2.45) is 0 Å². The maximum atomic E-state index is 12.0. The minimum absolute atomic E-state index is 0.220. The molecule has 3 rings (SSSR count). The summed E-state index contributed by atoms with van der Waals surface area (Å²) >= 11 is 2.72. The van der Waals surface area contributed by atoms with Gasteiger partial charge in [-0.2, -0.15) is 14.5 Å². The van der Waals surface area contributed by atoms with Crippen molar-refractivity contribution in [1.29, 1.82) is 0 Å². The number of hydrogen-bond acceptors (Lipinski definition) is 7. The Bertz CT molecular complexity index is 735. The molecular weight excluding hydrogens is 310 g/mol. The van der Waals surface area contributed by atoms with E-state index >= 15 is 0 Å². The molecule has 3 aromatic heterocycles. The van der Waals surface area contributed by atoms with Crippen LogP contribution in [-0.4, -0.2) is 31.3 Å². The van der Waals surface area contributed by atoms with Crippen molar-refractivity contribution in [2.45, 2.75) is 10.9 Å². The summed E-state index contributed by atoms with van der Waals surface area (Å²) in [6.45, 7) is 0.478. The van der Waals surface area contributed by atoms with Gasteiger partial charge in [0.05, 0.1) is 6.54 Å². The zero-order valence-corrected chi connectivity index (χ0v) is 12.6. The maximum absolute atomic E-state index is 12.0. The third-order valence-electron chi connectivity index (χ3n) is 2.57. The summed E-state index contributed by atoms with van der Waals surface area (Å²) in [4.78, 5) is 16.2. The van der Waals surface area contributed by atoms with E-state index in [1.165, 1.54) is 23.3 Å². The topological polar surface area (TPSA) is 85.8 Å². The van der Waals surface area contributed by atoms with E-state index in [2.05, 4.69) is 19.8 Å². The summed E-state index contributed by atoms with van der Waals surface area (Å²) in [6.07, 6.45) is 5.42. The molecule has 0 radical (unpaired) electrons. The molecule has 0 aliphatic carbocycles. The summed E-state index contributed by atoms with van der Waals surface area (Å²) in [5.41, 5.74) is 0. The van der Waals surface area contributed by atoms with E-state index in [1.807, 2.05) is 18.5 Å². The molecule has 0 aromatic carbocycles. The van der Waals surface area contributed by atoms with Gasteiger partial charge in [-0.3, -0.25) is 14.8 Å². The zero-order valence-electron chi connectivity index (χ0n) is 11.0. The van der Waals surface area contributed by atoms with Crippen molar-refractivity contribution < 1.29 is 9.21 Å². The predicted octanol–water partition coefficient (Wildman–Crippen LogP) is 2.35. The molecule has 7 nitrogen and oxygen atoms in total. The van der Waals surface area contributed by atoms with Crippen LogP contribution < -0.4 is 5.32 Å². The number of thioether (sulfide) groups is 1. The number of rotatable bonds is 5. The summed E-state index contributed by atoms with van der Waals surface area (Å²) in [7, 11) is 0. The third kappa shape index (κ3) is 3.31. The lowest BCUT2D eigenvalue weighted by atomic mass is 10.4. The molecule has 0 saturated carbocycles. The smallest absolute Gasteiger partial charge is 0.293 e. The van der Waals surface area contributed by atoms with Gasteiger partial charge in [-0.15, -0.1) is 0 Å². The highest BCUT2D eigenvalue weighted by molar-refractivity contribution is 8.00. The van der Waals surface area contributed by atoms with Crippen LogP contribution in [0.15, 0.2) is 39.3 Å². The second kappa shape index (κ2) is 6.10. The van der Waals surface area contributed by atoms with Gasteiger partial charge in [-0.25, -0.2) is 0 Å². The summed E-state index contributed by atoms with van der Waals surface area (Å²) in [5.74, 6) is 0.795. The highest BCUT2D eigenvalue weighted by atomic mass is 32.2. The molecule has 21 heavy (non-hydrogen) atoms. The first kappa shape index (κ1) is 13.8. The third-order valence-corrected chi connectivity index (χ3v) is 4.25. The van der Waals surface area contributed by atoms with Crippen molar-refractivity contribution >= 4 is 35.1 Å². The maximum Gasteiger partial charge on any atom is 0.293 e. The molecule has 1 amide bonds. The Labute approximate surface area is 128 Å². The molecule has 0 saturated heterocycles. The van der Waals surface area contributed by atoms with Crippen molar-refractivity contribution in [2.75, 3.05) is 11.6 Å². The Morgan fingerprint density at radius 3 is 3.14 bits per heavy atom. The molecular formula is C12H11N5O2S2. The lowest BCUT2D eigenvalue weighted by molar-refractivity contribution is 0.0994. The number of hydrogen-bond donors (Lipinski definition) is 1. The number of carbonyl (C=O) groups is 1. The number of carbonyl (C=O) groups excluding carboxylic acids is 1. The van der Waals surface area contributed by atoms with Gasteiger partial charge in [0.1, 0.15) is 5.76 Å². The van der Waals surface area contributed by atoms with Crippen LogP contribution in [-0.2, 0) is 6.54 Å². The van der Waals surface area contributed by atoms with E-state index in [0.29, 0.717) is 18.3 Å². The number of aromatic nitrogens is 4. The molecule has 0 aliphatic heterocycles. The van der Waals surface area contributed by atoms with Crippen molar-refractivity contribution in [1.82, 2.24) is 19.1 Å².